The van der Waals surface area contributed by atoms with Crippen LogP contribution in [0, 0.1) is 0 Å². The van der Waals surface area contributed by atoms with Crippen LogP contribution in [0.2, 0.25) is 0 Å². The predicted octanol–water partition coefficient (Wildman–Crippen LogP) is 1.53. The molecule has 15 heavy (non-hydrogen) atoms. The van der Waals surface area contributed by atoms with Crippen molar-refractivity contribution < 1.29 is 27.8 Å². The van der Waals surface area contributed by atoms with Gasteiger partial charge in [0.15, 0.2) is 0 Å². The molecule has 0 fully saturated rings. The number of hydrogen-bond donors (Lipinski definition) is 0. The van der Waals surface area contributed by atoms with Gasteiger partial charge in [-0.3, -0.25) is 9.59 Å². The monoisotopic (exact) mass is 224 g/mol. The maximum atomic E-state index is 12.9. The molecule has 0 heterocycles. The number of rotatable bonds is 6. The molecule has 0 aliphatic heterocycles. The highest BCUT2D eigenvalue weighted by atomic mass is 19.3. The van der Waals surface area contributed by atoms with Gasteiger partial charge >= 0.3 is 11.9 Å². The number of halogens is 2. The highest BCUT2D eigenvalue weighted by Gasteiger charge is 2.28. The number of esters is 2. The third-order valence-corrected chi connectivity index (χ3v) is 1.55. The van der Waals surface area contributed by atoms with Gasteiger partial charge in [-0.2, -0.15) is 0 Å². The maximum absolute atomic E-state index is 12.9. The van der Waals surface area contributed by atoms with Gasteiger partial charge in [0, 0.05) is 26.7 Å². The molecule has 0 spiro atoms. The first-order valence-corrected chi connectivity index (χ1v) is 4.48. The van der Waals surface area contributed by atoms with E-state index in [-0.39, 0.29) is 13.2 Å². The molecule has 0 aliphatic rings. The Kier molecular flexibility index (Phi) is 5.81. The van der Waals surface area contributed by atoms with Gasteiger partial charge in [-0.25, -0.2) is 8.78 Å². The molecule has 0 bridgehead atoms. The largest absolute Gasteiger partial charge is 0.466 e. The Hall–Kier alpha value is -1.20. The Morgan fingerprint density at radius 2 is 1.33 bits per heavy atom. The standard InChI is InChI=1S/C9H14F2O4/c1-7(12)14-5-3-9(10,11)4-6-15-8(2)13/h3-6H2,1-2H3. The Morgan fingerprint density at radius 1 is 1.00 bits per heavy atom. The lowest BCUT2D eigenvalue weighted by atomic mass is 10.2. The molecule has 0 atom stereocenters. The number of alkyl halides is 2. The lowest BCUT2D eigenvalue weighted by Gasteiger charge is -2.15. The van der Waals surface area contributed by atoms with E-state index in [1.807, 2.05) is 0 Å². The van der Waals surface area contributed by atoms with Crippen LogP contribution in [0.4, 0.5) is 8.78 Å². The van der Waals surface area contributed by atoms with Crippen LogP contribution in [-0.4, -0.2) is 31.1 Å². The van der Waals surface area contributed by atoms with Gasteiger partial charge in [-0.05, 0) is 0 Å². The molecule has 0 rings (SSSR count). The van der Waals surface area contributed by atoms with E-state index in [0.717, 1.165) is 13.8 Å². The van der Waals surface area contributed by atoms with E-state index in [1.54, 1.807) is 0 Å². The van der Waals surface area contributed by atoms with Gasteiger partial charge in [0.1, 0.15) is 0 Å². The minimum atomic E-state index is -2.98. The number of carbonyl (C=O) groups excluding carboxylic acids is 2. The SMILES string of the molecule is CC(=O)OCCC(F)(F)CCOC(C)=O. The predicted molar refractivity (Wildman–Crippen MR) is 47.4 cm³/mol. The van der Waals surface area contributed by atoms with Crippen molar-refractivity contribution in [3.8, 4) is 0 Å². The van der Waals surface area contributed by atoms with Crippen LogP contribution in [0.5, 0.6) is 0 Å². The molecule has 0 aliphatic carbocycles. The van der Waals surface area contributed by atoms with Gasteiger partial charge in [-0.1, -0.05) is 0 Å². The first-order valence-electron chi connectivity index (χ1n) is 4.48. The minimum Gasteiger partial charge on any atom is -0.466 e. The first kappa shape index (κ1) is 13.8. The molecule has 88 valence electrons. The second kappa shape index (κ2) is 6.31. The molecule has 4 nitrogen and oxygen atoms in total. The summed E-state index contributed by atoms with van der Waals surface area (Å²) >= 11 is 0. The lowest BCUT2D eigenvalue weighted by molar-refractivity contribution is -0.145. The van der Waals surface area contributed by atoms with Crippen molar-refractivity contribution >= 4 is 11.9 Å². The third-order valence-electron chi connectivity index (χ3n) is 1.55. The molecule has 0 saturated carbocycles. The summed E-state index contributed by atoms with van der Waals surface area (Å²) in [5.41, 5.74) is 0. The van der Waals surface area contributed by atoms with Crippen molar-refractivity contribution in [3.05, 3.63) is 0 Å². The minimum absolute atomic E-state index is 0.331. The van der Waals surface area contributed by atoms with Crippen LogP contribution >= 0.6 is 0 Å². The molecule has 0 aromatic carbocycles. The van der Waals surface area contributed by atoms with E-state index in [2.05, 4.69) is 9.47 Å². The smallest absolute Gasteiger partial charge is 0.302 e. The van der Waals surface area contributed by atoms with Gasteiger partial charge < -0.3 is 9.47 Å². The summed E-state index contributed by atoms with van der Waals surface area (Å²) in [7, 11) is 0. The fourth-order valence-corrected chi connectivity index (χ4v) is 0.813. The summed E-state index contributed by atoms with van der Waals surface area (Å²) in [5.74, 6) is -4.16. The Balaban J connectivity index is 3.66. The molecule has 0 N–H and O–H groups in total. The normalized spacial score (nSPS) is 10.9. The maximum Gasteiger partial charge on any atom is 0.302 e. The van der Waals surface area contributed by atoms with Gasteiger partial charge in [0.2, 0.25) is 0 Å². The highest BCUT2D eigenvalue weighted by molar-refractivity contribution is 5.66. The second-order valence-corrected chi connectivity index (χ2v) is 3.04. The zero-order chi connectivity index (χ0) is 11.9. The van der Waals surface area contributed by atoms with Crippen LogP contribution < -0.4 is 0 Å². The van der Waals surface area contributed by atoms with Gasteiger partial charge in [0.05, 0.1) is 13.2 Å². The molecule has 0 unspecified atom stereocenters. The Bertz CT molecular complexity index is 206. The summed E-state index contributed by atoms with van der Waals surface area (Å²) in [4.78, 5) is 20.6. The summed E-state index contributed by atoms with van der Waals surface area (Å²) in [6, 6.07) is 0. The number of ether oxygens (including phenoxy) is 2. The topological polar surface area (TPSA) is 52.6 Å². The van der Waals surface area contributed by atoms with Crippen molar-refractivity contribution in [2.45, 2.75) is 32.6 Å². The summed E-state index contributed by atoms with van der Waals surface area (Å²) in [6.07, 6.45) is -1.12. The van der Waals surface area contributed by atoms with Crippen molar-refractivity contribution in [1.29, 1.82) is 0 Å². The Morgan fingerprint density at radius 3 is 1.60 bits per heavy atom. The molecular formula is C9H14F2O4. The number of hydrogen-bond acceptors (Lipinski definition) is 4. The van der Waals surface area contributed by atoms with E-state index in [1.165, 1.54) is 0 Å². The van der Waals surface area contributed by atoms with Gasteiger partial charge in [0.25, 0.3) is 5.92 Å². The zero-order valence-corrected chi connectivity index (χ0v) is 8.72. The zero-order valence-electron chi connectivity index (χ0n) is 8.72. The van der Waals surface area contributed by atoms with E-state index < -0.39 is 30.7 Å². The molecular weight excluding hydrogens is 210 g/mol. The summed E-state index contributed by atoms with van der Waals surface area (Å²) < 4.78 is 34.6. The molecule has 0 saturated heterocycles. The van der Waals surface area contributed by atoms with Gasteiger partial charge in [-0.15, -0.1) is 0 Å². The van der Waals surface area contributed by atoms with E-state index >= 15 is 0 Å². The fraction of sp³-hybridized carbons (Fsp3) is 0.778. The van der Waals surface area contributed by atoms with Crippen molar-refractivity contribution in [3.63, 3.8) is 0 Å². The highest BCUT2D eigenvalue weighted by Crippen LogP contribution is 2.22. The summed E-state index contributed by atoms with van der Waals surface area (Å²) in [5, 5.41) is 0. The quantitative estimate of drug-likeness (QED) is 0.642. The summed E-state index contributed by atoms with van der Waals surface area (Å²) in [6.45, 7) is 1.64. The van der Waals surface area contributed by atoms with E-state index in [9.17, 15) is 18.4 Å². The molecule has 0 aromatic rings. The van der Waals surface area contributed by atoms with Crippen LogP contribution in [0.25, 0.3) is 0 Å². The fourth-order valence-electron chi connectivity index (χ4n) is 0.813. The molecule has 6 heteroatoms. The third kappa shape index (κ3) is 9.11. The van der Waals surface area contributed by atoms with Crippen LogP contribution in [0.15, 0.2) is 0 Å². The first-order chi connectivity index (χ1) is 6.83. The Labute approximate surface area is 86.5 Å². The van der Waals surface area contributed by atoms with E-state index in [4.69, 9.17) is 0 Å². The van der Waals surface area contributed by atoms with Crippen molar-refractivity contribution in [2.24, 2.45) is 0 Å². The van der Waals surface area contributed by atoms with Crippen LogP contribution in [0.3, 0.4) is 0 Å². The average Bonchev–Trinajstić information content (AvgIpc) is 2.01. The second-order valence-electron chi connectivity index (χ2n) is 3.04. The molecule has 0 aromatic heterocycles. The van der Waals surface area contributed by atoms with Crippen LogP contribution in [0.1, 0.15) is 26.7 Å². The van der Waals surface area contributed by atoms with Crippen molar-refractivity contribution in [2.75, 3.05) is 13.2 Å². The number of carbonyl (C=O) groups is 2. The van der Waals surface area contributed by atoms with E-state index in [0.29, 0.717) is 0 Å². The molecule has 0 radical (unpaired) electrons. The molecule has 0 amide bonds. The van der Waals surface area contributed by atoms with Crippen LogP contribution in [-0.2, 0) is 19.1 Å². The lowest BCUT2D eigenvalue weighted by Crippen LogP contribution is -2.22. The van der Waals surface area contributed by atoms with Crippen molar-refractivity contribution in [1.82, 2.24) is 0 Å². The average molecular weight is 224 g/mol.